The van der Waals surface area contributed by atoms with E-state index in [1.165, 1.54) is 6.20 Å². The summed E-state index contributed by atoms with van der Waals surface area (Å²) in [7, 11) is 0. The predicted molar refractivity (Wildman–Crippen MR) is 82.8 cm³/mol. The lowest BCUT2D eigenvalue weighted by atomic mass is 9.90. The molecule has 1 fully saturated rings. The van der Waals surface area contributed by atoms with Crippen LogP contribution in [0.5, 0.6) is 0 Å². The van der Waals surface area contributed by atoms with Crippen LogP contribution in [0.4, 0.5) is 0 Å². The number of aliphatic hydroxyl groups is 1. The zero-order valence-corrected chi connectivity index (χ0v) is 12.8. The molecule has 1 amide bonds. The van der Waals surface area contributed by atoms with E-state index < -0.39 is 6.10 Å². The van der Waals surface area contributed by atoms with Crippen molar-refractivity contribution in [1.29, 1.82) is 0 Å². The zero-order valence-electron chi connectivity index (χ0n) is 11.9. The fourth-order valence-electron chi connectivity index (χ4n) is 2.77. The van der Waals surface area contributed by atoms with Gasteiger partial charge in [-0.1, -0.05) is 6.07 Å². The Balaban J connectivity index is 1.62. The molecule has 0 bridgehead atoms. The smallest absolute Gasteiger partial charge is 0.271 e. The van der Waals surface area contributed by atoms with E-state index in [4.69, 9.17) is 0 Å². The van der Waals surface area contributed by atoms with E-state index in [9.17, 15) is 14.7 Å². The average Bonchev–Trinajstić information content (AvgIpc) is 3.08. The van der Waals surface area contributed by atoms with Crippen molar-refractivity contribution in [2.24, 2.45) is 5.92 Å². The number of aromatic amines is 1. The molecule has 116 valence electrons. The van der Waals surface area contributed by atoms with Gasteiger partial charge in [0.05, 0.1) is 18.5 Å². The van der Waals surface area contributed by atoms with Crippen LogP contribution in [0.1, 0.15) is 34.3 Å². The van der Waals surface area contributed by atoms with Crippen molar-refractivity contribution >= 4 is 17.2 Å². The Hall–Kier alpha value is -1.99. The van der Waals surface area contributed by atoms with Crippen LogP contribution < -0.4 is 5.56 Å². The summed E-state index contributed by atoms with van der Waals surface area (Å²) in [4.78, 5) is 32.5. The first-order valence-electron chi connectivity index (χ1n) is 7.20. The zero-order chi connectivity index (χ0) is 15.5. The quantitative estimate of drug-likeness (QED) is 0.896. The van der Waals surface area contributed by atoms with E-state index in [0.29, 0.717) is 13.1 Å². The van der Waals surface area contributed by atoms with Crippen molar-refractivity contribution in [3.05, 3.63) is 50.8 Å². The van der Waals surface area contributed by atoms with Gasteiger partial charge in [-0.3, -0.25) is 14.6 Å². The highest BCUT2D eigenvalue weighted by molar-refractivity contribution is 7.10. The summed E-state index contributed by atoms with van der Waals surface area (Å²) in [6.07, 6.45) is 3.54. The third-order valence-electron chi connectivity index (χ3n) is 3.99. The van der Waals surface area contributed by atoms with Crippen molar-refractivity contribution < 1.29 is 9.90 Å². The number of carbonyl (C=O) groups excluding carboxylic acids is 1. The molecule has 7 heteroatoms. The molecule has 3 heterocycles. The molecule has 1 aliphatic heterocycles. The Morgan fingerprint density at radius 3 is 2.82 bits per heavy atom. The van der Waals surface area contributed by atoms with Crippen molar-refractivity contribution in [2.45, 2.75) is 18.9 Å². The van der Waals surface area contributed by atoms with Crippen LogP contribution in [0.25, 0.3) is 0 Å². The van der Waals surface area contributed by atoms with E-state index in [0.717, 1.165) is 23.9 Å². The van der Waals surface area contributed by atoms with E-state index in [1.807, 2.05) is 17.5 Å². The second-order valence-electron chi connectivity index (χ2n) is 5.40. The summed E-state index contributed by atoms with van der Waals surface area (Å²) in [5.41, 5.74) is -0.168. The van der Waals surface area contributed by atoms with Crippen LogP contribution in [0.2, 0.25) is 0 Å². The molecular formula is C15H17N3O3S. The summed E-state index contributed by atoms with van der Waals surface area (Å²) in [5, 5.41) is 12.3. The maximum absolute atomic E-state index is 12.3. The van der Waals surface area contributed by atoms with Crippen LogP contribution in [0.3, 0.4) is 0 Å². The minimum Gasteiger partial charge on any atom is -0.387 e. The molecule has 1 aliphatic rings. The first-order valence-corrected chi connectivity index (χ1v) is 8.08. The Labute approximate surface area is 131 Å². The van der Waals surface area contributed by atoms with Gasteiger partial charge in [0.1, 0.15) is 5.69 Å². The van der Waals surface area contributed by atoms with Gasteiger partial charge in [-0.15, -0.1) is 11.3 Å². The molecule has 0 saturated carbocycles. The van der Waals surface area contributed by atoms with Crippen LogP contribution in [0.15, 0.2) is 34.7 Å². The molecule has 1 atom stereocenters. The minimum atomic E-state index is -0.463. The number of hydrogen-bond donors (Lipinski definition) is 2. The normalized spacial score (nSPS) is 17.4. The molecule has 0 spiro atoms. The topological polar surface area (TPSA) is 86.3 Å². The van der Waals surface area contributed by atoms with Gasteiger partial charge in [0, 0.05) is 18.0 Å². The highest BCUT2D eigenvalue weighted by Gasteiger charge is 2.29. The second-order valence-corrected chi connectivity index (χ2v) is 6.38. The molecule has 6 nitrogen and oxygen atoms in total. The maximum Gasteiger partial charge on any atom is 0.271 e. The molecule has 0 aromatic carbocycles. The maximum atomic E-state index is 12.3. The van der Waals surface area contributed by atoms with E-state index >= 15 is 0 Å². The standard InChI is InChI=1S/C15H17N3O3S/c19-13-9-16-8-11(17-13)15(21)18-5-3-10(4-6-18)14(20)12-2-1-7-22-12/h1-2,7-10,14,20H,3-6H2,(H,17,19). The van der Waals surface area contributed by atoms with Gasteiger partial charge in [-0.2, -0.15) is 0 Å². The van der Waals surface area contributed by atoms with E-state index in [2.05, 4.69) is 9.97 Å². The summed E-state index contributed by atoms with van der Waals surface area (Å²) in [6.45, 7) is 1.14. The lowest BCUT2D eigenvalue weighted by molar-refractivity contribution is 0.0469. The number of aliphatic hydroxyl groups excluding tert-OH is 1. The number of amides is 1. The number of carbonyl (C=O) groups is 1. The van der Waals surface area contributed by atoms with Crippen molar-refractivity contribution in [3.8, 4) is 0 Å². The van der Waals surface area contributed by atoms with Gasteiger partial charge in [0.25, 0.3) is 11.5 Å². The monoisotopic (exact) mass is 319 g/mol. The average molecular weight is 319 g/mol. The second kappa shape index (κ2) is 6.41. The summed E-state index contributed by atoms with van der Waals surface area (Å²) < 4.78 is 0. The van der Waals surface area contributed by atoms with Crippen LogP contribution in [-0.2, 0) is 0 Å². The molecule has 3 rings (SSSR count). The summed E-state index contributed by atoms with van der Waals surface area (Å²) >= 11 is 1.55. The third-order valence-corrected chi connectivity index (χ3v) is 4.93. The fourth-order valence-corrected chi connectivity index (χ4v) is 3.57. The lowest BCUT2D eigenvalue weighted by Crippen LogP contribution is -2.40. The molecule has 22 heavy (non-hydrogen) atoms. The predicted octanol–water partition coefficient (Wildman–Crippen LogP) is 1.42. The number of thiophene rings is 1. The Bertz CT molecular complexity index is 690. The summed E-state index contributed by atoms with van der Waals surface area (Å²) in [6, 6.07) is 3.87. The molecule has 1 saturated heterocycles. The number of rotatable bonds is 3. The molecule has 2 aromatic rings. The number of hydrogen-bond acceptors (Lipinski definition) is 5. The molecular weight excluding hydrogens is 302 g/mol. The number of aromatic nitrogens is 2. The Morgan fingerprint density at radius 2 is 2.18 bits per heavy atom. The van der Waals surface area contributed by atoms with Crippen LogP contribution in [-0.4, -0.2) is 39.0 Å². The molecule has 1 unspecified atom stereocenters. The van der Waals surface area contributed by atoms with Gasteiger partial charge in [-0.05, 0) is 30.2 Å². The minimum absolute atomic E-state index is 0.163. The highest BCUT2D eigenvalue weighted by Crippen LogP contribution is 2.33. The van der Waals surface area contributed by atoms with Crippen molar-refractivity contribution in [1.82, 2.24) is 14.9 Å². The molecule has 0 radical (unpaired) electrons. The first-order chi connectivity index (χ1) is 10.6. The summed E-state index contributed by atoms with van der Waals surface area (Å²) in [5.74, 6) is -0.0510. The lowest BCUT2D eigenvalue weighted by Gasteiger charge is -2.33. The molecule has 0 aliphatic carbocycles. The third kappa shape index (κ3) is 3.10. The van der Waals surface area contributed by atoms with Gasteiger partial charge in [-0.25, -0.2) is 0 Å². The van der Waals surface area contributed by atoms with Crippen LogP contribution in [0, 0.1) is 5.92 Å². The number of likely N-dealkylation sites (tertiary alicyclic amines) is 1. The number of nitrogens with one attached hydrogen (secondary N) is 1. The fraction of sp³-hybridized carbons (Fsp3) is 0.400. The van der Waals surface area contributed by atoms with Crippen LogP contribution >= 0.6 is 11.3 Å². The number of piperidine rings is 1. The van der Waals surface area contributed by atoms with Crippen molar-refractivity contribution in [2.75, 3.05) is 13.1 Å². The molecule has 2 aromatic heterocycles. The van der Waals surface area contributed by atoms with Gasteiger partial charge in [0.2, 0.25) is 0 Å². The SMILES string of the molecule is O=C(c1cncc(=O)[nH]1)N1CCC(C(O)c2cccs2)CC1. The Kier molecular flexibility index (Phi) is 4.35. The molecule has 2 N–H and O–H groups in total. The van der Waals surface area contributed by atoms with Gasteiger partial charge < -0.3 is 15.0 Å². The van der Waals surface area contributed by atoms with E-state index in [1.54, 1.807) is 16.2 Å². The number of H-pyrrole nitrogens is 1. The Morgan fingerprint density at radius 1 is 1.41 bits per heavy atom. The highest BCUT2D eigenvalue weighted by atomic mass is 32.1. The van der Waals surface area contributed by atoms with E-state index in [-0.39, 0.29) is 23.1 Å². The largest absolute Gasteiger partial charge is 0.387 e. The number of nitrogens with zero attached hydrogens (tertiary/aromatic N) is 2. The van der Waals surface area contributed by atoms with Gasteiger partial charge in [0.15, 0.2) is 0 Å². The first kappa shape index (κ1) is 14.9. The van der Waals surface area contributed by atoms with Gasteiger partial charge >= 0.3 is 0 Å². The van der Waals surface area contributed by atoms with Crippen molar-refractivity contribution in [3.63, 3.8) is 0 Å².